The number of aliphatic imine (C=N–C) groups is 1. The molecule has 9 nitrogen and oxygen atoms in total. The number of nitrogens with one attached hydrogen (secondary N) is 1. The summed E-state index contributed by atoms with van der Waals surface area (Å²) < 4.78 is 0. The van der Waals surface area contributed by atoms with Gasteiger partial charge in [0, 0.05) is 64.4 Å². The van der Waals surface area contributed by atoms with Crippen LogP contribution in [-0.4, -0.2) is 83.9 Å². The summed E-state index contributed by atoms with van der Waals surface area (Å²) >= 11 is 0. The summed E-state index contributed by atoms with van der Waals surface area (Å²) in [4.78, 5) is 20.3. The van der Waals surface area contributed by atoms with Crippen molar-refractivity contribution >= 4 is 18.0 Å². The number of nitriles is 1. The van der Waals surface area contributed by atoms with Crippen LogP contribution in [-0.2, 0) is 0 Å². The Labute approximate surface area is 178 Å². The SMILES string of the molecule is CN=C/C(=C\N)Nc1nccc(N2CC(CC#N)(N3CCN4CCCC[C@H]4C3)C2)n1. The number of hydrogen-bond acceptors (Lipinski definition) is 9. The van der Waals surface area contributed by atoms with Crippen molar-refractivity contribution in [2.45, 2.75) is 37.3 Å². The van der Waals surface area contributed by atoms with Crippen molar-refractivity contribution in [1.82, 2.24) is 19.8 Å². The van der Waals surface area contributed by atoms with E-state index < -0.39 is 0 Å². The van der Waals surface area contributed by atoms with E-state index in [2.05, 4.69) is 41.0 Å². The number of rotatable bonds is 6. The Morgan fingerprint density at radius 3 is 3.03 bits per heavy atom. The summed E-state index contributed by atoms with van der Waals surface area (Å²) in [5, 5.41) is 12.6. The Kier molecular flexibility index (Phi) is 6.16. The van der Waals surface area contributed by atoms with Gasteiger partial charge in [-0.15, -0.1) is 0 Å². The quantitative estimate of drug-likeness (QED) is 0.671. The molecule has 9 heteroatoms. The Morgan fingerprint density at radius 2 is 2.27 bits per heavy atom. The normalized spacial score (nSPS) is 24.9. The fourth-order valence-corrected chi connectivity index (χ4v) is 4.95. The number of piperidine rings is 1. The highest BCUT2D eigenvalue weighted by molar-refractivity contribution is 5.81. The maximum Gasteiger partial charge on any atom is 0.229 e. The molecule has 0 spiro atoms. The predicted molar refractivity (Wildman–Crippen MR) is 118 cm³/mol. The van der Waals surface area contributed by atoms with Gasteiger partial charge in [0.15, 0.2) is 0 Å². The molecule has 3 aliphatic rings. The summed E-state index contributed by atoms with van der Waals surface area (Å²) in [6, 6.07) is 5.01. The molecular formula is C21H31N9. The summed E-state index contributed by atoms with van der Waals surface area (Å²) in [6.45, 7) is 6.11. The highest BCUT2D eigenvalue weighted by Crippen LogP contribution is 2.36. The number of anilines is 2. The van der Waals surface area contributed by atoms with Crippen molar-refractivity contribution < 1.29 is 0 Å². The first-order chi connectivity index (χ1) is 14.7. The van der Waals surface area contributed by atoms with E-state index in [0.29, 0.717) is 24.1 Å². The lowest BCUT2D eigenvalue weighted by molar-refractivity contribution is -0.0249. The molecule has 3 fully saturated rings. The average Bonchev–Trinajstić information content (AvgIpc) is 2.75. The van der Waals surface area contributed by atoms with Crippen LogP contribution >= 0.6 is 0 Å². The van der Waals surface area contributed by atoms with Crippen LogP contribution < -0.4 is 16.0 Å². The van der Waals surface area contributed by atoms with Crippen LogP contribution in [0.5, 0.6) is 0 Å². The number of allylic oxidation sites excluding steroid dienone is 1. The predicted octanol–water partition coefficient (Wildman–Crippen LogP) is 1.03. The Balaban J connectivity index is 1.43. The molecule has 0 unspecified atom stereocenters. The average molecular weight is 410 g/mol. The molecule has 1 aromatic heterocycles. The van der Waals surface area contributed by atoms with Gasteiger partial charge in [0.2, 0.25) is 5.95 Å². The highest BCUT2D eigenvalue weighted by Gasteiger charge is 2.50. The smallest absolute Gasteiger partial charge is 0.229 e. The Bertz CT molecular complexity index is 837. The molecule has 0 saturated carbocycles. The van der Waals surface area contributed by atoms with Gasteiger partial charge in [-0.1, -0.05) is 6.42 Å². The Morgan fingerprint density at radius 1 is 1.40 bits per heavy atom. The number of nitrogens with two attached hydrogens (primary N) is 1. The zero-order valence-electron chi connectivity index (χ0n) is 17.7. The Hall–Kier alpha value is -2.70. The minimum Gasteiger partial charge on any atom is -0.403 e. The van der Waals surface area contributed by atoms with E-state index in [1.807, 2.05) is 6.07 Å². The zero-order chi connectivity index (χ0) is 21.0. The number of nitrogens with zero attached hydrogens (tertiary/aromatic N) is 7. The van der Waals surface area contributed by atoms with E-state index in [4.69, 9.17) is 5.73 Å². The number of hydrogen-bond donors (Lipinski definition) is 2. The molecule has 0 bridgehead atoms. The lowest BCUT2D eigenvalue weighted by Gasteiger charge is -2.59. The molecule has 3 N–H and O–H groups in total. The third-order valence-corrected chi connectivity index (χ3v) is 6.56. The summed E-state index contributed by atoms with van der Waals surface area (Å²) in [5.41, 5.74) is 6.18. The van der Waals surface area contributed by atoms with Crippen LogP contribution in [0.3, 0.4) is 0 Å². The third-order valence-electron chi connectivity index (χ3n) is 6.56. The van der Waals surface area contributed by atoms with Crippen molar-refractivity contribution in [3.8, 4) is 6.07 Å². The van der Waals surface area contributed by atoms with E-state index in [0.717, 1.165) is 38.5 Å². The van der Waals surface area contributed by atoms with Crippen molar-refractivity contribution in [2.75, 3.05) is 56.5 Å². The fraction of sp³-hybridized carbons (Fsp3) is 0.619. The van der Waals surface area contributed by atoms with E-state index in [1.165, 1.54) is 32.0 Å². The maximum absolute atomic E-state index is 9.54. The van der Waals surface area contributed by atoms with Crippen molar-refractivity contribution in [2.24, 2.45) is 10.7 Å². The van der Waals surface area contributed by atoms with Crippen LogP contribution in [0.15, 0.2) is 29.2 Å². The molecule has 1 atom stereocenters. The lowest BCUT2D eigenvalue weighted by Crippen LogP contribution is -2.74. The molecule has 1 aromatic rings. The van der Waals surface area contributed by atoms with Crippen molar-refractivity contribution in [3.05, 3.63) is 24.2 Å². The van der Waals surface area contributed by atoms with Gasteiger partial charge in [0.05, 0.1) is 23.7 Å². The molecule has 3 saturated heterocycles. The van der Waals surface area contributed by atoms with Gasteiger partial charge in [-0.2, -0.15) is 10.2 Å². The second-order valence-corrected chi connectivity index (χ2v) is 8.42. The minimum absolute atomic E-state index is 0.0754. The van der Waals surface area contributed by atoms with Crippen LogP contribution in [0.25, 0.3) is 0 Å². The van der Waals surface area contributed by atoms with Gasteiger partial charge in [-0.05, 0) is 25.5 Å². The van der Waals surface area contributed by atoms with Crippen LogP contribution in [0.2, 0.25) is 0 Å². The van der Waals surface area contributed by atoms with E-state index in [9.17, 15) is 5.26 Å². The van der Waals surface area contributed by atoms with Gasteiger partial charge in [-0.25, -0.2) is 4.98 Å². The molecule has 0 radical (unpaired) electrons. The summed E-state index contributed by atoms with van der Waals surface area (Å²) in [6.07, 6.45) is 9.29. The number of aromatic nitrogens is 2. The first-order valence-corrected chi connectivity index (χ1v) is 10.7. The molecule has 4 rings (SSSR count). The third kappa shape index (κ3) is 4.11. The standard InChI is InChI=1S/C21H31N9/c1-24-13-17(12-23)26-20-25-8-5-19(27-20)29-15-21(16-29,6-7-22)30-11-10-28-9-3-2-4-18(28)14-30/h5,8,12-13,18H,2-4,6,9-11,14-16,23H2,1H3,(H,25,26,27)/b17-12+,24-13?/t18-/m0/s1. The lowest BCUT2D eigenvalue weighted by atomic mass is 9.83. The topological polar surface area (TPSA) is 110 Å². The summed E-state index contributed by atoms with van der Waals surface area (Å²) in [7, 11) is 1.68. The molecule has 3 aliphatic heterocycles. The van der Waals surface area contributed by atoms with Crippen molar-refractivity contribution in [1.29, 1.82) is 5.26 Å². The van der Waals surface area contributed by atoms with Gasteiger partial charge in [0.25, 0.3) is 0 Å². The number of piperazine rings is 1. The molecule has 0 aromatic carbocycles. The number of fused-ring (bicyclic) bond motifs is 1. The van der Waals surface area contributed by atoms with Crippen LogP contribution in [0, 0.1) is 11.3 Å². The van der Waals surface area contributed by atoms with Gasteiger partial charge in [0.1, 0.15) is 5.82 Å². The molecule has 4 heterocycles. The zero-order valence-corrected chi connectivity index (χ0v) is 17.7. The van der Waals surface area contributed by atoms with Gasteiger partial charge >= 0.3 is 0 Å². The van der Waals surface area contributed by atoms with E-state index >= 15 is 0 Å². The summed E-state index contributed by atoms with van der Waals surface area (Å²) in [5.74, 6) is 1.35. The minimum atomic E-state index is -0.0754. The van der Waals surface area contributed by atoms with E-state index in [1.54, 1.807) is 19.5 Å². The van der Waals surface area contributed by atoms with Gasteiger partial charge < -0.3 is 16.0 Å². The van der Waals surface area contributed by atoms with Crippen molar-refractivity contribution in [3.63, 3.8) is 0 Å². The molecule has 0 amide bonds. The first-order valence-electron chi connectivity index (χ1n) is 10.7. The molecule has 30 heavy (non-hydrogen) atoms. The van der Waals surface area contributed by atoms with Crippen LogP contribution in [0.1, 0.15) is 25.7 Å². The first kappa shape index (κ1) is 20.6. The van der Waals surface area contributed by atoms with E-state index in [-0.39, 0.29) is 5.54 Å². The maximum atomic E-state index is 9.54. The molecule has 160 valence electrons. The van der Waals surface area contributed by atoms with Gasteiger partial charge in [-0.3, -0.25) is 14.8 Å². The molecular weight excluding hydrogens is 378 g/mol. The molecule has 0 aliphatic carbocycles. The second kappa shape index (κ2) is 8.98. The highest BCUT2D eigenvalue weighted by atomic mass is 15.4. The largest absolute Gasteiger partial charge is 0.403 e. The monoisotopic (exact) mass is 409 g/mol. The second-order valence-electron chi connectivity index (χ2n) is 8.42. The fourth-order valence-electron chi connectivity index (χ4n) is 4.95. The van der Waals surface area contributed by atoms with Crippen LogP contribution in [0.4, 0.5) is 11.8 Å².